The first-order chi connectivity index (χ1) is 17.4. The van der Waals surface area contributed by atoms with Gasteiger partial charge in [-0.1, -0.05) is 36.5 Å². The number of cyclic esters (lactones) is 1. The Kier molecular flexibility index (Phi) is 5.87. The predicted octanol–water partition coefficient (Wildman–Crippen LogP) is 2.47. The van der Waals surface area contributed by atoms with Gasteiger partial charge in [-0.25, -0.2) is 9.69 Å². The van der Waals surface area contributed by atoms with Gasteiger partial charge in [0.1, 0.15) is 24.1 Å². The van der Waals surface area contributed by atoms with Gasteiger partial charge in [0.25, 0.3) is 11.8 Å². The molecule has 1 N–H and O–H groups in total. The molecule has 3 heterocycles. The molecule has 0 aliphatic carbocycles. The fraction of sp³-hybridized carbons (Fsp3) is 0.320. The van der Waals surface area contributed by atoms with Crippen molar-refractivity contribution in [3.8, 4) is 11.5 Å². The smallest absolute Gasteiger partial charge is 0.416 e. The lowest BCUT2D eigenvalue weighted by Gasteiger charge is -2.33. The molecule has 36 heavy (non-hydrogen) atoms. The summed E-state index contributed by atoms with van der Waals surface area (Å²) in [6.07, 6.45) is -0.742. The molecule has 5 rings (SSSR count). The molecule has 2 aromatic rings. The second-order valence-electron chi connectivity index (χ2n) is 8.56. The number of hydrazone groups is 1. The molecule has 1 spiro atoms. The van der Waals surface area contributed by atoms with Crippen molar-refractivity contribution >= 4 is 46.5 Å². The summed E-state index contributed by atoms with van der Waals surface area (Å²) >= 11 is 5.78. The van der Waals surface area contributed by atoms with Gasteiger partial charge in [-0.2, -0.15) is 10.1 Å². The maximum absolute atomic E-state index is 14.3. The zero-order chi connectivity index (χ0) is 25.6. The van der Waals surface area contributed by atoms with Gasteiger partial charge in [0, 0.05) is 11.5 Å². The fourth-order valence-corrected chi connectivity index (χ4v) is 5.71. The van der Waals surface area contributed by atoms with E-state index in [-0.39, 0.29) is 18.1 Å². The number of methoxy groups -OCH3 is 2. The molecule has 0 saturated carbocycles. The van der Waals surface area contributed by atoms with Crippen LogP contribution < -0.4 is 19.8 Å². The zero-order valence-corrected chi connectivity index (χ0v) is 20.7. The fourth-order valence-electron chi connectivity index (χ4n) is 5.22. The number of hydrogen-bond acceptors (Lipinski definition) is 8. The van der Waals surface area contributed by atoms with E-state index in [9.17, 15) is 14.4 Å². The predicted molar refractivity (Wildman–Crippen MR) is 134 cm³/mol. The van der Waals surface area contributed by atoms with Gasteiger partial charge in [0.15, 0.2) is 5.41 Å². The van der Waals surface area contributed by atoms with E-state index in [2.05, 4.69) is 10.4 Å². The second-order valence-corrected chi connectivity index (χ2v) is 8.96. The molecule has 0 unspecified atom stereocenters. The molecular weight excluding hydrogens is 484 g/mol. The second kappa shape index (κ2) is 8.90. The first kappa shape index (κ1) is 23.7. The molecule has 10 nitrogen and oxygen atoms in total. The lowest BCUT2D eigenvalue weighted by atomic mass is 9.68. The zero-order valence-electron chi connectivity index (χ0n) is 19.9. The molecule has 3 atom stereocenters. The van der Waals surface area contributed by atoms with Crippen molar-refractivity contribution in [1.82, 2.24) is 10.2 Å². The van der Waals surface area contributed by atoms with Crippen molar-refractivity contribution in [1.29, 1.82) is 0 Å². The van der Waals surface area contributed by atoms with Crippen LogP contribution in [0.2, 0.25) is 0 Å². The van der Waals surface area contributed by atoms with E-state index in [0.29, 0.717) is 28.5 Å². The minimum absolute atomic E-state index is 0.0940. The molecule has 3 aliphatic rings. The summed E-state index contributed by atoms with van der Waals surface area (Å²) in [6, 6.07) is 13.1. The van der Waals surface area contributed by atoms with Crippen molar-refractivity contribution in [2.24, 2.45) is 10.5 Å². The van der Waals surface area contributed by atoms with Crippen molar-refractivity contribution in [2.45, 2.75) is 18.9 Å². The maximum atomic E-state index is 14.3. The first-order valence-electron chi connectivity index (χ1n) is 11.3. The van der Waals surface area contributed by atoms with Gasteiger partial charge in [0.2, 0.25) is 0 Å². The first-order valence-corrected chi connectivity index (χ1v) is 11.7. The Balaban J connectivity index is 1.72. The van der Waals surface area contributed by atoms with Crippen LogP contribution in [0.4, 0.5) is 10.5 Å². The van der Waals surface area contributed by atoms with E-state index in [1.807, 2.05) is 6.07 Å². The van der Waals surface area contributed by atoms with Gasteiger partial charge in [-0.3, -0.25) is 9.59 Å². The van der Waals surface area contributed by atoms with Crippen molar-refractivity contribution < 1.29 is 28.6 Å². The molecule has 2 aromatic carbocycles. The SMILES string of the molecule is COc1cccc(OC)c1[C@H]1[C@@H](C(=O)N2CCOC2=O)NC(=S)[C@]12C(=O)N(c1ccccc1)N=C2C. The topological polar surface area (TPSA) is 110 Å². The Morgan fingerprint density at radius 2 is 1.78 bits per heavy atom. The lowest BCUT2D eigenvalue weighted by Crippen LogP contribution is -2.49. The summed E-state index contributed by atoms with van der Waals surface area (Å²) < 4.78 is 16.3. The van der Waals surface area contributed by atoms with Gasteiger partial charge in [-0.05, 0) is 31.2 Å². The third-order valence-electron chi connectivity index (χ3n) is 6.87. The minimum atomic E-state index is -1.52. The summed E-state index contributed by atoms with van der Waals surface area (Å²) in [6.45, 7) is 1.90. The van der Waals surface area contributed by atoms with Crippen LogP contribution in [0, 0.1) is 5.41 Å². The summed E-state index contributed by atoms with van der Waals surface area (Å²) in [7, 11) is 2.99. The van der Waals surface area contributed by atoms with Gasteiger partial charge in [-0.15, -0.1) is 0 Å². The number of carbonyl (C=O) groups is 3. The Hall–Kier alpha value is -3.99. The summed E-state index contributed by atoms with van der Waals surface area (Å²) in [5.41, 5.74) is -0.0771. The van der Waals surface area contributed by atoms with Crippen LogP contribution in [0.25, 0.3) is 0 Å². The Labute approximate surface area is 212 Å². The van der Waals surface area contributed by atoms with Crippen LogP contribution in [-0.4, -0.2) is 66.9 Å². The number of benzene rings is 2. The molecule has 11 heteroatoms. The number of amides is 3. The van der Waals surface area contributed by atoms with Crippen LogP contribution in [0.1, 0.15) is 18.4 Å². The lowest BCUT2D eigenvalue weighted by molar-refractivity contribution is -0.130. The van der Waals surface area contributed by atoms with Crippen molar-refractivity contribution in [2.75, 3.05) is 32.4 Å². The van der Waals surface area contributed by atoms with Gasteiger partial charge >= 0.3 is 6.09 Å². The van der Waals surface area contributed by atoms with Crippen LogP contribution in [0.3, 0.4) is 0 Å². The number of hydrogen-bond donors (Lipinski definition) is 1. The molecule has 3 amide bonds. The van der Waals surface area contributed by atoms with E-state index >= 15 is 0 Å². The number of thiocarbonyl (C=S) groups is 1. The summed E-state index contributed by atoms with van der Waals surface area (Å²) in [4.78, 5) is 41.5. The number of ether oxygens (including phenoxy) is 3. The van der Waals surface area contributed by atoms with E-state index in [4.69, 9.17) is 26.4 Å². The van der Waals surface area contributed by atoms with Crippen molar-refractivity contribution in [3.63, 3.8) is 0 Å². The number of nitrogens with one attached hydrogen (secondary N) is 1. The maximum Gasteiger partial charge on any atom is 0.416 e. The number of carbonyl (C=O) groups excluding carboxylic acids is 3. The standard InChI is InChI=1S/C25H24N4O6S/c1-14-25(23(31)29(27-14)15-8-5-4-6-9-15)19(18-16(33-2)10-7-11-17(18)34-3)20(26-22(25)36)21(30)28-12-13-35-24(28)32/h4-11,19-20H,12-13H2,1-3H3,(H,26,36)/t19-,20-,25+/m0/s1. The number of para-hydroxylation sites is 1. The van der Waals surface area contributed by atoms with Crippen LogP contribution >= 0.6 is 12.2 Å². The highest BCUT2D eigenvalue weighted by atomic mass is 32.1. The third kappa shape index (κ3) is 3.26. The van der Waals surface area contributed by atoms with Crippen LogP contribution in [-0.2, 0) is 14.3 Å². The third-order valence-corrected chi connectivity index (χ3v) is 7.31. The normalized spacial score (nSPS) is 25.2. The monoisotopic (exact) mass is 508 g/mol. The van der Waals surface area contributed by atoms with Crippen LogP contribution in [0.5, 0.6) is 11.5 Å². The highest BCUT2D eigenvalue weighted by Gasteiger charge is 2.67. The number of nitrogens with zero attached hydrogens (tertiary/aromatic N) is 3. The Bertz CT molecular complexity index is 1280. The molecule has 2 saturated heterocycles. The highest BCUT2D eigenvalue weighted by Crippen LogP contribution is 2.54. The molecular formula is C25H24N4O6S. The highest BCUT2D eigenvalue weighted by molar-refractivity contribution is 7.80. The number of rotatable bonds is 5. The summed E-state index contributed by atoms with van der Waals surface area (Å²) in [5, 5.41) is 8.95. The molecule has 186 valence electrons. The van der Waals surface area contributed by atoms with E-state index in [1.165, 1.54) is 19.2 Å². The molecule has 0 bridgehead atoms. The molecule has 0 radical (unpaired) electrons. The van der Waals surface area contributed by atoms with E-state index in [1.54, 1.807) is 49.4 Å². The molecule has 2 fully saturated rings. The average Bonchev–Trinajstić information content (AvgIpc) is 3.54. The van der Waals surface area contributed by atoms with Gasteiger partial charge < -0.3 is 19.5 Å². The van der Waals surface area contributed by atoms with E-state index < -0.39 is 35.3 Å². The molecule has 3 aliphatic heterocycles. The molecule has 0 aromatic heterocycles. The quantitative estimate of drug-likeness (QED) is 0.614. The van der Waals surface area contributed by atoms with Gasteiger partial charge in [0.05, 0.1) is 37.2 Å². The largest absolute Gasteiger partial charge is 0.496 e. The number of imide groups is 1. The van der Waals surface area contributed by atoms with Crippen molar-refractivity contribution in [3.05, 3.63) is 54.1 Å². The van der Waals surface area contributed by atoms with Crippen LogP contribution in [0.15, 0.2) is 53.6 Å². The Morgan fingerprint density at radius 3 is 2.36 bits per heavy atom. The van der Waals surface area contributed by atoms with E-state index in [0.717, 1.165) is 4.90 Å². The number of anilines is 1. The Morgan fingerprint density at radius 1 is 1.11 bits per heavy atom. The summed E-state index contributed by atoms with van der Waals surface area (Å²) in [5.74, 6) is -1.09. The minimum Gasteiger partial charge on any atom is -0.496 e. The average molecular weight is 509 g/mol.